The predicted molar refractivity (Wildman–Crippen MR) is 80.3 cm³/mol. The van der Waals surface area contributed by atoms with Gasteiger partial charge in [0.1, 0.15) is 11.6 Å². The van der Waals surface area contributed by atoms with Crippen LogP contribution in [0.5, 0.6) is 0 Å². The second-order valence-electron chi connectivity index (χ2n) is 6.38. The van der Waals surface area contributed by atoms with Gasteiger partial charge in [-0.3, -0.25) is 9.59 Å². The van der Waals surface area contributed by atoms with Crippen molar-refractivity contribution in [2.45, 2.75) is 51.2 Å². The molecule has 2 aliphatic rings. The Morgan fingerprint density at radius 2 is 1.90 bits per heavy atom. The van der Waals surface area contributed by atoms with Gasteiger partial charge in [0.15, 0.2) is 0 Å². The zero-order valence-corrected chi connectivity index (χ0v) is 12.6. The highest BCUT2D eigenvalue weighted by Crippen LogP contribution is 2.39. The first-order valence-electron chi connectivity index (χ1n) is 7.72. The van der Waals surface area contributed by atoms with Crippen LogP contribution in [0.25, 0.3) is 0 Å². The summed E-state index contributed by atoms with van der Waals surface area (Å²) in [6.45, 7) is 4.29. The van der Waals surface area contributed by atoms with Gasteiger partial charge in [-0.05, 0) is 37.7 Å². The van der Waals surface area contributed by atoms with Gasteiger partial charge in [-0.25, -0.2) is 0 Å². The van der Waals surface area contributed by atoms with E-state index in [1.54, 1.807) is 4.90 Å². The lowest BCUT2D eigenvalue weighted by Gasteiger charge is -2.44. The molecule has 0 radical (unpaired) electrons. The quantitative estimate of drug-likeness (QED) is 0.921. The molecule has 1 aliphatic heterocycles. The summed E-state index contributed by atoms with van der Waals surface area (Å²) in [6.07, 6.45) is 2.69. The highest BCUT2D eigenvalue weighted by Gasteiger charge is 2.51. The summed E-state index contributed by atoms with van der Waals surface area (Å²) in [4.78, 5) is 27.2. The number of carbonyl (C=O) groups excluding carboxylic acids is 2. The van der Waals surface area contributed by atoms with Crippen molar-refractivity contribution >= 4 is 11.8 Å². The lowest BCUT2D eigenvalue weighted by Crippen LogP contribution is -2.69. The van der Waals surface area contributed by atoms with Gasteiger partial charge < -0.3 is 10.2 Å². The maximum Gasteiger partial charge on any atom is 0.249 e. The number of piperazine rings is 1. The summed E-state index contributed by atoms with van der Waals surface area (Å²) in [5.41, 5.74) is 0.307. The Labute approximate surface area is 125 Å². The van der Waals surface area contributed by atoms with Crippen molar-refractivity contribution in [3.05, 3.63) is 35.9 Å². The van der Waals surface area contributed by atoms with Crippen LogP contribution in [-0.4, -0.2) is 28.3 Å². The van der Waals surface area contributed by atoms with Crippen LogP contribution in [0.2, 0.25) is 0 Å². The number of hydrogen-bond acceptors (Lipinski definition) is 2. The molecular weight excluding hydrogens is 264 g/mol. The van der Waals surface area contributed by atoms with Gasteiger partial charge >= 0.3 is 0 Å². The Morgan fingerprint density at radius 1 is 1.24 bits per heavy atom. The molecule has 3 rings (SSSR count). The maximum atomic E-state index is 12.9. The number of carbonyl (C=O) groups is 2. The fourth-order valence-electron chi connectivity index (χ4n) is 3.05. The van der Waals surface area contributed by atoms with Crippen LogP contribution < -0.4 is 5.32 Å². The zero-order chi connectivity index (χ0) is 15.0. The summed E-state index contributed by atoms with van der Waals surface area (Å²) >= 11 is 0. The molecule has 1 saturated heterocycles. The van der Waals surface area contributed by atoms with Crippen LogP contribution in [0.15, 0.2) is 30.3 Å². The van der Waals surface area contributed by atoms with Gasteiger partial charge in [0, 0.05) is 6.54 Å². The molecule has 1 heterocycles. The molecule has 0 bridgehead atoms. The minimum atomic E-state index is -0.767. The fraction of sp³-hybridized carbons (Fsp3) is 0.529. The van der Waals surface area contributed by atoms with Gasteiger partial charge in [-0.2, -0.15) is 0 Å². The monoisotopic (exact) mass is 286 g/mol. The third kappa shape index (κ3) is 2.55. The molecule has 1 aromatic carbocycles. The van der Waals surface area contributed by atoms with Crippen LogP contribution in [-0.2, 0) is 16.1 Å². The number of rotatable bonds is 4. The van der Waals surface area contributed by atoms with Gasteiger partial charge in [0.05, 0.1) is 0 Å². The summed E-state index contributed by atoms with van der Waals surface area (Å²) in [6, 6.07) is 9.62. The van der Waals surface area contributed by atoms with Crippen LogP contribution in [0.4, 0.5) is 0 Å². The zero-order valence-electron chi connectivity index (χ0n) is 12.6. The highest BCUT2D eigenvalue weighted by atomic mass is 16.2. The number of benzene rings is 1. The summed E-state index contributed by atoms with van der Waals surface area (Å²) in [5, 5.41) is 2.95. The minimum absolute atomic E-state index is 0.0115. The van der Waals surface area contributed by atoms with Crippen LogP contribution in [0.1, 0.15) is 38.7 Å². The number of nitrogens with zero attached hydrogens (tertiary/aromatic N) is 1. The predicted octanol–water partition coefficient (Wildman–Crippen LogP) is 2.09. The maximum absolute atomic E-state index is 12.9. The van der Waals surface area contributed by atoms with Crippen molar-refractivity contribution in [2.75, 3.05) is 0 Å². The molecule has 2 atom stereocenters. The van der Waals surface area contributed by atoms with Crippen molar-refractivity contribution < 1.29 is 9.59 Å². The Balaban J connectivity index is 1.91. The SMILES string of the molecule is CCC1(C)NC(=O)C(C2CC2)N(Cc2ccccc2)C1=O. The molecule has 4 heteroatoms. The first-order valence-corrected chi connectivity index (χ1v) is 7.72. The standard InChI is InChI=1S/C17H22N2O2/c1-3-17(2)16(21)19(11-12-7-5-4-6-8-12)14(13-9-10-13)15(20)18-17/h4-8,13-14H,3,9-11H2,1-2H3,(H,18,20). The molecule has 2 amide bonds. The van der Waals surface area contributed by atoms with Crippen LogP contribution in [0, 0.1) is 5.92 Å². The Bertz CT molecular complexity index is 553. The molecule has 21 heavy (non-hydrogen) atoms. The highest BCUT2D eigenvalue weighted by molar-refractivity contribution is 5.99. The minimum Gasteiger partial charge on any atom is -0.340 e. The first-order chi connectivity index (χ1) is 10.0. The van der Waals surface area contributed by atoms with E-state index < -0.39 is 5.54 Å². The van der Waals surface area contributed by atoms with Crippen LogP contribution >= 0.6 is 0 Å². The molecule has 1 saturated carbocycles. The fourth-order valence-corrected chi connectivity index (χ4v) is 3.05. The largest absolute Gasteiger partial charge is 0.340 e. The van der Waals surface area contributed by atoms with E-state index in [1.807, 2.05) is 44.2 Å². The van der Waals surface area contributed by atoms with Crippen LogP contribution in [0.3, 0.4) is 0 Å². The van der Waals surface area contributed by atoms with Gasteiger partial charge in [-0.15, -0.1) is 0 Å². The second kappa shape index (κ2) is 5.17. The van der Waals surface area contributed by atoms with Gasteiger partial charge in [0.25, 0.3) is 0 Å². The van der Waals surface area contributed by atoms with E-state index in [2.05, 4.69) is 5.32 Å². The van der Waals surface area contributed by atoms with E-state index in [9.17, 15) is 9.59 Å². The first kappa shape index (κ1) is 14.1. The van der Waals surface area contributed by atoms with E-state index in [1.165, 1.54) is 0 Å². The van der Waals surface area contributed by atoms with E-state index in [0.717, 1.165) is 18.4 Å². The molecule has 2 unspecified atom stereocenters. The average molecular weight is 286 g/mol. The summed E-state index contributed by atoms with van der Waals surface area (Å²) in [5.74, 6) is 0.391. The Morgan fingerprint density at radius 3 is 2.48 bits per heavy atom. The van der Waals surface area contributed by atoms with Gasteiger partial charge in [0.2, 0.25) is 11.8 Å². The van der Waals surface area contributed by atoms with E-state index in [4.69, 9.17) is 0 Å². The molecule has 1 aromatic rings. The molecular formula is C17H22N2O2. The third-order valence-electron chi connectivity index (χ3n) is 4.71. The topological polar surface area (TPSA) is 49.4 Å². The molecule has 0 spiro atoms. The summed E-state index contributed by atoms with van der Waals surface area (Å²) < 4.78 is 0. The van der Waals surface area contributed by atoms with E-state index in [-0.39, 0.29) is 17.9 Å². The normalized spacial score (nSPS) is 29.4. The van der Waals surface area contributed by atoms with Crippen molar-refractivity contribution in [3.63, 3.8) is 0 Å². The molecule has 112 valence electrons. The number of hydrogen-bond donors (Lipinski definition) is 1. The van der Waals surface area contributed by atoms with E-state index in [0.29, 0.717) is 18.9 Å². The van der Waals surface area contributed by atoms with E-state index >= 15 is 0 Å². The molecule has 1 N–H and O–H groups in total. The molecule has 0 aromatic heterocycles. The molecule has 1 aliphatic carbocycles. The number of nitrogens with one attached hydrogen (secondary N) is 1. The number of amides is 2. The lowest BCUT2D eigenvalue weighted by molar-refractivity contribution is -0.156. The Hall–Kier alpha value is -1.84. The average Bonchev–Trinajstić information content (AvgIpc) is 3.30. The molecule has 4 nitrogen and oxygen atoms in total. The third-order valence-corrected chi connectivity index (χ3v) is 4.71. The second-order valence-corrected chi connectivity index (χ2v) is 6.38. The van der Waals surface area contributed by atoms with Gasteiger partial charge in [-0.1, -0.05) is 37.3 Å². The Kier molecular flexibility index (Phi) is 3.47. The van der Waals surface area contributed by atoms with Crippen molar-refractivity contribution in [2.24, 2.45) is 5.92 Å². The smallest absolute Gasteiger partial charge is 0.249 e. The van der Waals surface area contributed by atoms with Crippen molar-refractivity contribution in [3.8, 4) is 0 Å². The van der Waals surface area contributed by atoms with Crippen molar-refractivity contribution in [1.29, 1.82) is 0 Å². The molecule has 2 fully saturated rings. The summed E-state index contributed by atoms with van der Waals surface area (Å²) in [7, 11) is 0. The lowest BCUT2D eigenvalue weighted by atomic mass is 9.90. The van der Waals surface area contributed by atoms with Crippen molar-refractivity contribution in [1.82, 2.24) is 10.2 Å².